The molecule has 0 atom stereocenters. The molecule has 0 saturated carbocycles. The van der Waals surface area contributed by atoms with Crippen LogP contribution in [0.4, 0.5) is 11.4 Å². The molecule has 7 heteroatoms. The van der Waals surface area contributed by atoms with Gasteiger partial charge >= 0.3 is 11.9 Å². The van der Waals surface area contributed by atoms with Crippen LogP contribution >= 0.6 is 0 Å². The number of hydrogen-bond donors (Lipinski definition) is 2. The summed E-state index contributed by atoms with van der Waals surface area (Å²) in [5, 5.41) is 2.45. The van der Waals surface area contributed by atoms with Gasteiger partial charge in [0.25, 0.3) is 0 Å². The van der Waals surface area contributed by atoms with Gasteiger partial charge in [-0.25, -0.2) is 4.79 Å². The highest BCUT2D eigenvalue weighted by atomic mass is 16.5. The molecule has 0 bridgehead atoms. The van der Waals surface area contributed by atoms with Crippen molar-refractivity contribution in [2.45, 2.75) is 13.3 Å². The van der Waals surface area contributed by atoms with Crippen LogP contribution in [-0.2, 0) is 19.1 Å². The first-order valence-electron chi connectivity index (χ1n) is 5.91. The lowest BCUT2D eigenvalue weighted by Gasteiger charge is -2.09. The van der Waals surface area contributed by atoms with Gasteiger partial charge in [0.15, 0.2) is 0 Å². The third kappa shape index (κ3) is 4.27. The average Bonchev–Trinajstić information content (AvgIpc) is 2.40. The molecule has 3 N–H and O–H groups in total. The maximum atomic E-state index is 11.6. The van der Waals surface area contributed by atoms with Crippen molar-refractivity contribution in [3.8, 4) is 0 Å². The number of nitrogens with one attached hydrogen (secondary N) is 1. The van der Waals surface area contributed by atoms with Crippen molar-refractivity contribution in [3.63, 3.8) is 0 Å². The van der Waals surface area contributed by atoms with Crippen LogP contribution in [0.1, 0.15) is 23.7 Å². The number of carbonyl (C=O) groups excluding carboxylic acids is 3. The molecule has 1 rings (SSSR count). The van der Waals surface area contributed by atoms with E-state index in [2.05, 4.69) is 14.8 Å². The molecule has 7 nitrogen and oxygen atoms in total. The van der Waals surface area contributed by atoms with Crippen LogP contribution < -0.4 is 11.1 Å². The van der Waals surface area contributed by atoms with Gasteiger partial charge in [0, 0.05) is 0 Å². The molecule has 1 aromatic carbocycles. The lowest BCUT2D eigenvalue weighted by atomic mass is 10.1. The smallest absolute Gasteiger partial charge is 0.337 e. The number of methoxy groups -OCH3 is 1. The molecule has 0 saturated heterocycles. The molecule has 0 spiro atoms. The Balaban J connectivity index is 2.78. The summed E-state index contributed by atoms with van der Waals surface area (Å²) in [5.74, 6) is -1.75. The van der Waals surface area contributed by atoms with Gasteiger partial charge in [0.05, 0.1) is 30.7 Å². The summed E-state index contributed by atoms with van der Waals surface area (Å²) in [4.78, 5) is 34.2. The van der Waals surface area contributed by atoms with Crippen molar-refractivity contribution >= 4 is 29.2 Å². The largest absolute Gasteiger partial charge is 0.466 e. The number of nitrogens with two attached hydrogens (primary N) is 1. The van der Waals surface area contributed by atoms with Gasteiger partial charge in [-0.1, -0.05) is 0 Å². The topological polar surface area (TPSA) is 108 Å². The fourth-order valence-corrected chi connectivity index (χ4v) is 1.45. The number of hydrogen-bond acceptors (Lipinski definition) is 6. The zero-order chi connectivity index (χ0) is 15.1. The summed E-state index contributed by atoms with van der Waals surface area (Å²) < 4.78 is 9.22. The first kappa shape index (κ1) is 15.5. The summed E-state index contributed by atoms with van der Waals surface area (Å²) in [6.07, 6.45) is -0.421. The van der Waals surface area contributed by atoms with Gasteiger partial charge in [-0.05, 0) is 25.1 Å². The predicted molar refractivity (Wildman–Crippen MR) is 72.1 cm³/mol. The number of benzene rings is 1. The molecule has 20 heavy (non-hydrogen) atoms. The third-order valence-electron chi connectivity index (χ3n) is 2.36. The van der Waals surface area contributed by atoms with Crippen LogP contribution in [0.2, 0.25) is 0 Å². The van der Waals surface area contributed by atoms with Crippen LogP contribution in [0.5, 0.6) is 0 Å². The third-order valence-corrected chi connectivity index (χ3v) is 2.36. The van der Waals surface area contributed by atoms with E-state index in [0.29, 0.717) is 0 Å². The van der Waals surface area contributed by atoms with Crippen LogP contribution in [0.25, 0.3) is 0 Å². The second-order valence-corrected chi connectivity index (χ2v) is 3.82. The standard InChI is InChI=1S/C13H16N2O5/c1-3-20-12(17)7-11(16)15-10-6-8(13(18)19-2)4-5-9(10)14/h4-6H,3,7,14H2,1-2H3,(H,15,16). The molecular formula is C13H16N2O5. The molecular weight excluding hydrogens is 264 g/mol. The average molecular weight is 280 g/mol. The lowest BCUT2D eigenvalue weighted by molar-refractivity contribution is -0.145. The van der Waals surface area contributed by atoms with Crippen molar-refractivity contribution < 1.29 is 23.9 Å². The number of carbonyl (C=O) groups is 3. The van der Waals surface area contributed by atoms with Crippen LogP contribution in [0.3, 0.4) is 0 Å². The maximum absolute atomic E-state index is 11.6. The molecule has 0 fully saturated rings. The highest BCUT2D eigenvalue weighted by Crippen LogP contribution is 2.20. The van der Waals surface area contributed by atoms with Crippen LogP contribution in [0, 0.1) is 0 Å². The van der Waals surface area contributed by atoms with E-state index in [0.717, 1.165) is 0 Å². The summed E-state index contributed by atoms with van der Waals surface area (Å²) in [7, 11) is 1.25. The van der Waals surface area contributed by atoms with E-state index in [1.54, 1.807) is 6.92 Å². The fourth-order valence-electron chi connectivity index (χ4n) is 1.45. The first-order chi connectivity index (χ1) is 9.47. The molecule has 1 amide bonds. The number of anilines is 2. The van der Waals surface area contributed by atoms with Gasteiger partial charge in [0.2, 0.25) is 5.91 Å². The minimum atomic E-state index is -0.632. The maximum Gasteiger partial charge on any atom is 0.337 e. The van der Waals surface area contributed by atoms with Crippen LogP contribution in [0.15, 0.2) is 18.2 Å². The number of rotatable bonds is 5. The highest BCUT2D eigenvalue weighted by Gasteiger charge is 2.13. The Kier molecular flexibility index (Phi) is 5.52. The quantitative estimate of drug-likeness (QED) is 0.472. The summed E-state index contributed by atoms with van der Waals surface area (Å²) in [5.41, 5.74) is 6.44. The fraction of sp³-hybridized carbons (Fsp3) is 0.308. The van der Waals surface area contributed by atoms with Gasteiger partial charge in [-0.2, -0.15) is 0 Å². The van der Waals surface area contributed by atoms with Crippen molar-refractivity contribution in [2.75, 3.05) is 24.8 Å². The van der Waals surface area contributed by atoms with E-state index in [1.165, 1.54) is 25.3 Å². The van der Waals surface area contributed by atoms with Gasteiger partial charge in [-0.3, -0.25) is 9.59 Å². The molecule has 0 aromatic heterocycles. The monoisotopic (exact) mass is 280 g/mol. The molecule has 108 valence electrons. The van der Waals surface area contributed by atoms with E-state index in [9.17, 15) is 14.4 Å². The zero-order valence-electron chi connectivity index (χ0n) is 11.3. The molecule has 0 radical (unpaired) electrons. The first-order valence-corrected chi connectivity index (χ1v) is 5.91. The van der Waals surface area contributed by atoms with Crippen molar-refractivity contribution in [3.05, 3.63) is 23.8 Å². The minimum absolute atomic E-state index is 0.200. The van der Waals surface area contributed by atoms with E-state index >= 15 is 0 Å². The molecule has 0 unspecified atom stereocenters. The Morgan fingerprint density at radius 2 is 2.00 bits per heavy atom. The number of esters is 2. The second kappa shape index (κ2) is 7.13. The Bertz CT molecular complexity index is 527. The van der Waals surface area contributed by atoms with Crippen molar-refractivity contribution in [1.82, 2.24) is 0 Å². The Morgan fingerprint density at radius 3 is 2.60 bits per heavy atom. The minimum Gasteiger partial charge on any atom is -0.466 e. The van der Waals surface area contributed by atoms with E-state index in [-0.39, 0.29) is 23.5 Å². The van der Waals surface area contributed by atoms with Gasteiger partial charge in [0.1, 0.15) is 6.42 Å². The number of ether oxygens (including phenoxy) is 2. The molecule has 1 aromatic rings. The van der Waals surface area contributed by atoms with Crippen molar-refractivity contribution in [2.24, 2.45) is 0 Å². The van der Waals surface area contributed by atoms with Gasteiger partial charge in [-0.15, -0.1) is 0 Å². The summed E-state index contributed by atoms with van der Waals surface area (Å²) >= 11 is 0. The van der Waals surface area contributed by atoms with Crippen molar-refractivity contribution in [1.29, 1.82) is 0 Å². The Hall–Kier alpha value is -2.57. The Labute approximate surface area is 116 Å². The lowest BCUT2D eigenvalue weighted by Crippen LogP contribution is -2.19. The predicted octanol–water partition coefficient (Wildman–Crippen LogP) is 0.947. The summed E-state index contributed by atoms with van der Waals surface area (Å²) in [6.45, 7) is 1.85. The zero-order valence-corrected chi connectivity index (χ0v) is 11.3. The highest BCUT2D eigenvalue weighted by molar-refractivity contribution is 6.04. The molecule has 0 aliphatic rings. The van der Waals surface area contributed by atoms with E-state index < -0.39 is 24.3 Å². The molecule has 0 aliphatic carbocycles. The SMILES string of the molecule is CCOC(=O)CC(=O)Nc1cc(C(=O)OC)ccc1N. The number of nitrogen functional groups attached to an aromatic ring is 1. The van der Waals surface area contributed by atoms with Gasteiger partial charge < -0.3 is 20.5 Å². The van der Waals surface area contributed by atoms with E-state index in [4.69, 9.17) is 5.73 Å². The second-order valence-electron chi connectivity index (χ2n) is 3.82. The van der Waals surface area contributed by atoms with E-state index in [1.807, 2.05) is 0 Å². The number of amides is 1. The normalized spacial score (nSPS) is 9.70. The Morgan fingerprint density at radius 1 is 1.30 bits per heavy atom. The summed E-state index contributed by atoms with van der Waals surface area (Å²) in [6, 6.07) is 4.32. The molecule has 0 aliphatic heterocycles. The molecule has 0 heterocycles. The van der Waals surface area contributed by atoms with Crippen LogP contribution in [-0.4, -0.2) is 31.6 Å².